The quantitative estimate of drug-likeness (QED) is 0.548. The van der Waals surface area contributed by atoms with Crippen molar-refractivity contribution in [2.45, 2.75) is 52.4 Å². The van der Waals surface area contributed by atoms with E-state index in [-0.39, 0.29) is 40.4 Å². The molecule has 4 aliphatic rings. The molecular weight excluding hydrogens is 446 g/mol. The highest BCUT2D eigenvalue weighted by atomic mass is 16.5. The smallest absolute Gasteiger partial charge is 0.257 e. The number of H-pyrrole nitrogens is 1. The van der Waals surface area contributed by atoms with Crippen molar-refractivity contribution in [1.82, 2.24) is 25.3 Å². The van der Waals surface area contributed by atoms with Crippen LogP contribution in [-0.4, -0.2) is 83.7 Å². The number of nitrogens with one attached hydrogen (secondary N) is 2. The molecule has 2 atom stereocenters. The maximum Gasteiger partial charge on any atom is 0.257 e. The highest BCUT2D eigenvalue weighted by molar-refractivity contribution is 5.95. The van der Waals surface area contributed by atoms with Gasteiger partial charge in [0.2, 0.25) is 11.8 Å². The van der Waals surface area contributed by atoms with Gasteiger partial charge in [-0.05, 0) is 30.6 Å². The van der Waals surface area contributed by atoms with Crippen molar-refractivity contribution in [1.29, 1.82) is 0 Å². The Morgan fingerprint density at radius 3 is 2.49 bits per heavy atom. The molecule has 2 aliphatic carbocycles. The first-order valence-corrected chi connectivity index (χ1v) is 13.2. The van der Waals surface area contributed by atoms with Gasteiger partial charge in [0.05, 0.1) is 24.3 Å². The van der Waals surface area contributed by atoms with Crippen LogP contribution in [0.25, 0.3) is 0 Å². The van der Waals surface area contributed by atoms with Crippen molar-refractivity contribution in [3.05, 3.63) is 18.0 Å². The molecule has 2 aliphatic heterocycles. The lowest BCUT2D eigenvalue weighted by atomic mass is 9.71. The van der Waals surface area contributed by atoms with E-state index < -0.39 is 0 Å². The van der Waals surface area contributed by atoms with Gasteiger partial charge in [-0.15, -0.1) is 0 Å². The SMILES string of the molecule is CC1(C)C[C@@H]1C(=O)N1CC2(CN(C(=O)c3cn[nH]c3)C[C@H]2C(=O)NCCOCC2CCCCC2)C1. The Balaban J connectivity index is 1.17. The lowest BCUT2D eigenvalue weighted by molar-refractivity contribution is -0.151. The summed E-state index contributed by atoms with van der Waals surface area (Å²) in [5.74, 6) is 0.405. The molecule has 0 unspecified atom stereocenters. The highest BCUT2D eigenvalue weighted by Gasteiger charge is 2.61. The Morgan fingerprint density at radius 2 is 1.83 bits per heavy atom. The number of hydrogen-bond acceptors (Lipinski definition) is 5. The molecule has 1 spiro atoms. The molecule has 9 nitrogen and oxygen atoms in total. The molecule has 2 saturated carbocycles. The molecule has 192 valence electrons. The van der Waals surface area contributed by atoms with E-state index in [1.54, 1.807) is 11.1 Å². The fourth-order valence-electron chi connectivity index (χ4n) is 6.31. The van der Waals surface area contributed by atoms with E-state index in [4.69, 9.17) is 4.74 Å². The van der Waals surface area contributed by atoms with Crippen LogP contribution in [0.5, 0.6) is 0 Å². The summed E-state index contributed by atoms with van der Waals surface area (Å²) in [6, 6.07) is 0. The van der Waals surface area contributed by atoms with Gasteiger partial charge in [-0.3, -0.25) is 19.5 Å². The standard InChI is InChI=1S/C26H39N5O4/c1-25(2)10-20(25)24(34)31-16-26(17-31)15-30(23(33)19-11-28-29-12-19)13-21(26)22(32)27-8-9-35-14-18-6-4-3-5-7-18/h11-12,18,20-21H,3-10,13-17H2,1-2H3,(H,27,32)(H,28,29)/t20-,21+/m1/s1. The second kappa shape index (κ2) is 9.56. The van der Waals surface area contributed by atoms with E-state index in [0.717, 1.165) is 13.0 Å². The van der Waals surface area contributed by atoms with Gasteiger partial charge < -0.3 is 19.9 Å². The number of carbonyl (C=O) groups excluding carboxylic acids is 3. The first-order chi connectivity index (χ1) is 16.8. The van der Waals surface area contributed by atoms with Crippen molar-refractivity contribution in [3.63, 3.8) is 0 Å². The zero-order chi connectivity index (χ0) is 24.6. The monoisotopic (exact) mass is 485 g/mol. The van der Waals surface area contributed by atoms with Crippen molar-refractivity contribution in [2.24, 2.45) is 28.6 Å². The topological polar surface area (TPSA) is 108 Å². The molecule has 2 N–H and O–H groups in total. The average molecular weight is 486 g/mol. The van der Waals surface area contributed by atoms with Gasteiger partial charge in [0, 0.05) is 56.9 Å². The number of amides is 3. The van der Waals surface area contributed by atoms with Crippen LogP contribution in [-0.2, 0) is 14.3 Å². The summed E-state index contributed by atoms with van der Waals surface area (Å²) in [6.07, 6.45) is 10.4. The second-order valence-corrected chi connectivity index (χ2v) is 11.9. The molecule has 1 aromatic rings. The molecule has 0 bridgehead atoms. The summed E-state index contributed by atoms with van der Waals surface area (Å²) in [4.78, 5) is 42.8. The molecule has 1 aromatic heterocycles. The van der Waals surface area contributed by atoms with E-state index in [1.807, 2.05) is 4.90 Å². The summed E-state index contributed by atoms with van der Waals surface area (Å²) in [5, 5.41) is 9.62. The lowest BCUT2D eigenvalue weighted by Gasteiger charge is -2.50. The predicted octanol–water partition coefficient (Wildman–Crippen LogP) is 2.07. The van der Waals surface area contributed by atoms with E-state index in [0.29, 0.717) is 50.8 Å². The Morgan fingerprint density at radius 1 is 1.11 bits per heavy atom. The van der Waals surface area contributed by atoms with Gasteiger partial charge in [0.25, 0.3) is 5.91 Å². The van der Waals surface area contributed by atoms with Crippen molar-refractivity contribution in [3.8, 4) is 0 Å². The Bertz CT molecular complexity index is 934. The van der Waals surface area contributed by atoms with Gasteiger partial charge >= 0.3 is 0 Å². The fourth-order valence-corrected chi connectivity index (χ4v) is 6.31. The Hall–Kier alpha value is -2.42. The van der Waals surface area contributed by atoms with Crippen molar-refractivity contribution in [2.75, 3.05) is 45.9 Å². The molecule has 0 radical (unpaired) electrons. The summed E-state index contributed by atoms with van der Waals surface area (Å²) >= 11 is 0. The zero-order valence-electron chi connectivity index (χ0n) is 21.1. The molecule has 5 rings (SSSR count). The maximum absolute atomic E-state index is 13.3. The zero-order valence-corrected chi connectivity index (χ0v) is 21.1. The van der Waals surface area contributed by atoms with Gasteiger partial charge in [-0.2, -0.15) is 5.10 Å². The first kappa shape index (κ1) is 24.3. The molecule has 4 fully saturated rings. The van der Waals surface area contributed by atoms with E-state index >= 15 is 0 Å². The number of likely N-dealkylation sites (tertiary alicyclic amines) is 2. The largest absolute Gasteiger partial charge is 0.379 e. The molecule has 3 heterocycles. The minimum atomic E-state index is -0.388. The van der Waals surface area contributed by atoms with Crippen LogP contribution in [0, 0.1) is 28.6 Å². The average Bonchev–Trinajstić information content (AvgIpc) is 3.21. The molecule has 0 aromatic carbocycles. The second-order valence-electron chi connectivity index (χ2n) is 11.9. The third kappa shape index (κ3) is 4.97. The third-order valence-corrected chi connectivity index (χ3v) is 8.76. The van der Waals surface area contributed by atoms with Crippen LogP contribution in [0.1, 0.15) is 62.7 Å². The molecule has 9 heteroatoms. The van der Waals surface area contributed by atoms with Crippen molar-refractivity contribution < 1.29 is 19.1 Å². The number of hydrogen-bond donors (Lipinski definition) is 2. The molecular formula is C26H39N5O4. The molecule has 3 amide bonds. The van der Waals surface area contributed by atoms with Crippen LogP contribution >= 0.6 is 0 Å². The lowest BCUT2D eigenvalue weighted by Crippen LogP contribution is -2.64. The van der Waals surface area contributed by atoms with E-state index in [1.165, 1.54) is 38.3 Å². The van der Waals surface area contributed by atoms with Gasteiger partial charge in [-0.1, -0.05) is 33.1 Å². The number of nitrogens with zero attached hydrogens (tertiary/aromatic N) is 3. The van der Waals surface area contributed by atoms with Crippen LogP contribution in [0.15, 0.2) is 12.4 Å². The van der Waals surface area contributed by atoms with Crippen LogP contribution in [0.4, 0.5) is 0 Å². The summed E-state index contributed by atoms with van der Waals surface area (Å²) in [5.41, 5.74) is 0.179. The number of aromatic amines is 1. The summed E-state index contributed by atoms with van der Waals surface area (Å²) in [7, 11) is 0. The minimum absolute atomic E-state index is 0.0485. The van der Waals surface area contributed by atoms with Crippen LogP contribution in [0.2, 0.25) is 0 Å². The van der Waals surface area contributed by atoms with Gasteiger partial charge in [0.15, 0.2) is 0 Å². The number of aromatic nitrogens is 2. The third-order valence-electron chi connectivity index (χ3n) is 8.76. The number of rotatable bonds is 8. The summed E-state index contributed by atoms with van der Waals surface area (Å²) in [6.45, 7) is 7.88. The van der Waals surface area contributed by atoms with Crippen molar-refractivity contribution >= 4 is 17.7 Å². The number of ether oxygens (including phenoxy) is 1. The summed E-state index contributed by atoms with van der Waals surface area (Å²) < 4.78 is 5.85. The van der Waals surface area contributed by atoms with Crippen LogP contribution < -0.4 is 5.32 Å². The van der Waals surface area contributed by atoms with Gasteiger partial charge in [-0.25, -0.2) is 0 Å². The predicted molar refractivity (Wildman–Crippen MR) is 129 cm³/mol. The normalized spacial score (nSPS) is 27.0. The minimum Gasteiger partial charge on any atom is -0.379 e. The maximum atomic E-state index is 13.3. The van der Waals surface area contributed by atoms with E-state index in [9.17, 15) is 14.4 Å². The van der Waals surface area contributed by atoms with Crippen LogP contribution in [0.3, 0.4) is 0 Å². The fraction of sp³-hybridized carbons (Fsp3) is 0.769. The number of carbonyl (C=O) groups is 3. The highest BCUT2D eigenvalue weighted by Crippen LogP contribution is 2.54. The first-order valence-electron chi connectivity index (χ1n) is 13.2. The Labute approximate surface area is 207 Å². The molecule has 2 saturated heterocycles. The van der Waals surface area contributed by atoms with E-state index in [2.05, 4.69) is 29.4 Å². The Kier molecular flexibility index (Phi) is 6.63. The van der Waals surface area contributed by atoms with Gasteiger partial charge in [0.1, 0.15) is 0 Å². The molecule has 35 heavy (non-hydrogen) atoms.